The summed E-state index contributed by atoms with van der Waals surface area (Å²) in [5, 5.41) is 24.0. The molecule has 0 saturated carbocycles. The van der Waals surface area contributed by atoms with E-state index in [-0.39, 0.29) is 59.6 Å². The molecule has 350 valence electrons. The molecule has 0 spiro atoms. The predicted molar refractivity (Wildman–Crippen MR) is 243 cm³/mol. The van der Waals surface area contributed by atoms with Crippen LogP contribution in [0.2, 0.25) is 0 Å². The van der Waals surface area contributed by atoms with Crippen molar-refractivity contribution in [3.63, 3.8) is 0 Å². The molecule has 7 heterocycles. The highest BCUT2D eigenvalue weighted by atomic mass is 19.3. The van der Waals surface area contributed by atoms with Gasteiger partial charge >= 0.3 is 0 Å². The summed E-state index contributed by atoms with van der Waals surface area (Å²) in [6.45, 7) is 6.39. The van der Waals surface area contributed by atoms with Gasteiger partial charge in [-0.3, -0.25) is 29.4 Å². The summed E-state index contributed by atoms with van der Waals surface area (Å²) in [5.41, 5.74) is 2.95. The van der Waals surface area contributed by atoms with Gasteiger partial charge in [0.15, 0.2) is 11.5 Å². The van der Waals surface area contributed by atoms with E-state index >= 15 is 4.39 Å². The molecular formula is C47H51F3N12O5. The highest BCUT2D eigenvalue weighted by Crippen LogP contribution is 2.39. The van der Waals surface area contributed by atoms with E-state index in [0.717, 1.165) is 48.4 Å². The monoisotopic (exact) mass is 920 g/mol. The topological polar surface area (TPSA) is 195 Å². The van der Waals surface area contributed by atoms with Gasteiger partial charge in [-0.2, -0.15) is 13.8 Å². The van der Waals surface area contributed by atoms with Gasteiger partial charge in [0, 0.05) is 93.5 Å². The molecule has 3 fully saturated rings. The maximum Gasteiger partial charge on any atom is 0.278 e. The molecule has 1 unspecified atom stereocenters. The first-order valence-corrected chi connectivity index (χ1v) is 22.9. The number of nitrogens with zero attached hydrogens (tertiary/aromatic N) is 8. The smallest absolute Gasteiger partial charge is 0.278 e. The molecule has 5 aromatic rings. The standard InChI is InChI=1S/C47H51F3N12O5/c1-2-47(67)15-11-27-3-9-39(55-41(27)47)62-42-34(45(66)61(62)20-14-38(49)50)23-53-46(57-42)54-31-6-4-29(5-7-31)51-16-17-52-30-12-18-58(19-13-30)32-25-59(26-32)37-21-28-24-60(44(65)33(28)22-35(37)48)36-8-10-40(63)56-43(36)64/h3-7,9,14,21-23,30,32,36,51-52,67H,2,8,10-13,15-20,24-26H2,1H3,(H,53,54,57)(H,56,63,64)/t36?,47-/m1/s1. The third kappa shape index (κ3) is 8.52. The molecule has 10 rings (SSSR count). The molecule has 0 bridgehead atoms. The van der Waals surface area contributed by atoms with E-state index in [0.29, 0.717) is 79.7 Å². The summed E-state index contributed by atoms with van der Waals surface area (Å²) in [6.07, 6.45) is 4.13. The third-order valence-corrected chi connectivity index (χ3v) is 14.0. The number of piperidine rings is 2. The van der Waals surface area contributed by atoms with Crippen molar-refractivity contribution >= 4 is 51.8 Å². The number of rotatable bonds is 14. The number of halogens is 3. The number of carbonyl (C=O) groups is 3. The van der Waals surface area contributed by atoms with Crippen molar-refractivity contribution in [1.82, 2.24) is 44.7 Å². The van der Waals surface area contributed by atoms with Crippen molar-refractivity contribution < 1.29 is 32.7 Å². The molecule has 3 amide bonds. The third-order valence-electron chi connectivity index (χ3n) is 14.0. The van der Waals surface area contributed by atoms with Gasteiger partial charge in [-0.1, -0.05) is 13.0 Å². The zero-order valence-corrected chi connectivity index (χ0v) is 36.9. The number of pyridine rings is 1. The van der Waals surface area contributed by atoms with Crippen LogP contribution in [0, 0.1) is 5.82 Å². The highest BCUT2D eigenvalue weighted by Gasteiger charge is 2.42. The van der Waals surface area contributed by atoms with Crippen molar-refractivity contribution in [2.75, 3.05) is 54.8 Å². The molecule has 5 N–H and O–H groups in total. The van der Waals surface area contributed by atoms with E-state index in [1.54, 1.807) is 12.1 Å². The first-order chi connectivity index (χ1) is 32.3. The fourth-order valence-electron chi connectivity index (χ4n) is 10.1. The number of nitrogens with one attached hydrogen (secondary N) is 4. The van der Waals surface area contributed by atoms with Gasteiger partial charge in [0.2, 0.25) is 17.8 Å². The number of hydrogen-bond donors (Lipinski definition) is 5. The number of fused-ring (bicyclic) bond motifs is 3. The minimum absolute atomic E-state index is 0.130. The minimum Gasteiger partial charge on any atom is -0.384 e. The van der Waals surface area contributed by atoms with Crippen molar-refractivity contribution in [1.29, 1.82) is 0 Å². The molecule has 5 aliphatic rings. The van der Waals surface area contributed by atoms with E-state index in [9.17, 15) is 33.1 Å². The summed E-state index contributed by atoms with van der Waals surface area (Å²) in [5.74, 6) is -1.21. The van der Waals surface area contributed by atoms with Gasteiger partial charge < -0.3 is 30.9 Å². The Kier molecular flexibility index (Phi) is 11.8. The molecule has 67 heavy (non-hydrogen) atoms. The van der Waals surface area contributed by atoms with Crippen LogP contribution in [-0.2, 0) is 34.7 Å². The van der Waals surface area contributed by atoms with Crippen molar-refractivity contribution in [3.8, 4) is 5.82 Å². The SMILES string of the molecule is CC[C@@]1(O)CCc2ccc(-n3c4nc(Nc5ccc(NCCNC6CCN(C7CN(c8cc9c(cc8F)C(=O)N(C8CCC(=O)NC8=O)C9)C7)CC6)cc5)ncc4c(=O)n3CC=C(F)F)nc21. The Morgan fingerprint density at radius 3 is 2.48 bits per heavy atom. The van der Waals surface area contributed by atoms with Crippen LogP contribution in [0.25, 0.3) is 16.9 Å². The number of benzene rings is 2. The molecule has 17 nitrogen and oxygen atoms in total. The number of allylic oxidation sites excluding steroid dienone is 1. The van der Waals surface area contributed by atoms with Crippen LogP contribution in [0.15, 0.2) is 71.7 Å². The minimum atomic E-state index is -1.93. The van der Waals surface area contributed by atoms with E-state index in [1.165, 1.54) is 21.8 Å². The summed E-state index contributed by atoms with van der Waals surface area (Å²) in [4.78, 5) is 70.3. The van der Waals surface area contributed by atoms with E-state index < -0.39 is 41.6 Å². The normalized spacial score (nSPS) is 21.1. The number of anilines is 4. The summed E-state index contributed by atoms with van der Waals surface area (Å²) in [6, 6.07) is 14.1. The number of amides is 3. The first-order valence-electron chi connectivity index (χ1n) is 22.9. The lowest BCUT2D eigenvalue weighted by Gasteiger charge is -2.48. The van der Waals surface area contributed by atoms with Crippen molar-refractivity contribution in [2.24, 2.45) is 0 Å². The quantitative estimate of drug-likeness (QED) is 0.0783. The Bertz CT molecular complexity index is 2850. The molecular weight excluding hydrogens is 870 g/mol. The van der Waals surface area contributed by atoms with Crippen LogP contribution in [0.4, 0.5) is 36.2 Å². The Labute approximate surface area is 383 Å². The van der Waals surface area contributed by atoms with Crippen LogP contribution in [0.1, 0.15) is 72.6 Å². The first kappa shape index (κ1) is 44.2. The molecule has 2 aromatic carbocycles. The fraction of sp³-hybridized carbons (Fsp3) is 0.426. The second-order valence-electron chi connectivity index (χ2n) is 18.0. The van der Waals surface area contributed by atoms with Crippen LogP contribution in [0.5, 0.6) is 0 Å². The van der Waals surface area contributed by atoms with Crippen molar-refractivity contribution in [2.45, 2.75) is 88.7 Å². The number of aliphatic hydroxyl groups is 1. The van der Waals surface area contributed by atoms with Gasteiger partial charge in [0.25, 0.3) is 17.5 Å². The lowest BCUT2D eigenvalue weighted by molar-refractivity contribution is -0.136. The van der Waals surface area contributed by atoms with E-state index in [4.69, 9.17) is 4.98 Å². The lowest BCUT2D eigenvalue weighted by atomic mass is 9.98. The van der Waals surface area contributed by atoms with Crippen molar-refractivity contribution in [3.05, 3.63) is 105 Å². The number of likely N-dealkylation sites (tertiary alicyclic amines) is 1. The lowest BCUT2D eigenvalue weighted by Crippen LogP contribution is -2.62. The largest absolute Gasteiger partial charge is 0.384 e. The van der Waals surface area contributed by atoms with E-state index in [1.807, 2.05) is 42.2 Å². The Morgan fingerprint density at radius 2 is 1.73 bits per heavy atom. The van der Waals surface area contributed by atoms with Gasteiger partial charge in [0.05, 0.1) is 17.9 Å². The zero-order valence-electron chi connectivity index (χ0n) is 36.9. The Morgan fingerprint density at radius 1 is 0.955 bits per heavy atom. The van der Waals surface area contributed by atoms with Crippen LogP contribution >= 0.6 is 0 Å². The summed E-state index contributed by atoms with van der Waals surface area (Å²) >= 11 is 0. The number of imide groups is 1. The number of carbonyl (C=O) groups excluding carboxylic acids is 3. The highest BCUT2D eigenvalue weighted by molar-refractivity contribution is 6.05. The predicted octanol–water partition coefficient (Wildman–Crippen LogP) is 4.30. The van der Waals surface area contributed by atoms with E-state index in [2.05, 4.69) is 36.1 Å². The molecule has 20 heteroatoms. The van der Waals surface area contributed by atoms with Gasteiger partial charge in [0.1, 0.15) is 22.8 Å². The van der Waals surface area contributed by atoms with Crippen LogP contribution in [-0.4, -0.2) is 114 Å². The second kappa shape index (κ2) is 17.9. The van der Waals surface area contributed by atoms with Crippen LogP contribution < -0.4 is 31.7 Å². The number of aromatic nitrogens is 5. The zero-order chi connectivity index (χ0) is 46.6. The second-order valence-corrected chi connectivity index (χ2v) is 18.0. The maximum atomic E-state index is 15.4. The average molecular weight is 921 g/mol. The average Bonchev–Trinajstić information content (AvgIpc) is 3.91. The van der Waals surface area contributed by atoms with Gasteiger partial charge in [-0.25, -0.2) is 23.7 Å². The Hall–Kier alpha value is -6.64. The fourth-order valence-corrected chi connectivity index (χ4v) is 10.1. The summed E-state index contributed by atoms with van der Waals surface area (Å²) < 4.78 is 44.4. The Balaban J connectivity index is 0.694. The maximum absolute atomic E-state index is 15.4. The molecule has 4 aliphatic heterocycles. The molecule has 2 atom stereocenters. The molecule has 0 radical (unpaired) electrons. The van der Waals surface area contributed by atoms with Gasteiger partial charge in [-0.05, 0) is 92.1 Å². The van der Waals surface area contributed by atoms with Crippen LogP contribution in [0.3, 0.4) is 0 Å². The molecule has 3 saturated heterocycles. The number of hydrogen-bond acceptors (Lipinski definition) is 13. The molecule has 3 aromatic heterocycles. The summed E-state index contributed by atoms with van der Waals surface area (Å²) in [7, 11) is 0. The number of aryl methyl sites for hydroxylation is 1. The molecule has 1 aliphatic carbocycles. The van der Waals surface area contributed by atoms with Gasteiger partial charge in [-0.15, -0.1) is 0 Å².